The highest BCUT2D eigenvalue weighted by molar-refractivity contribution is 7.99. The molecule has 0 saturated heterocycles. The molecule has 1 aromatic rings. The quantitative estimate of drug-likeness (QED) is 0.567. The van der Waals surface area contributed by atoms with E-state index < -0.39 is 0 Å². The number of hydrogen-bond acceptors (Lipinski definition) is 2. The lowest BCUT2D eigenvalue weighted by atomic mass is 10.2. The first kappa shape index (κ1) is 9.36. The van der Waals surface area contributed by atoms with Gasteiger partial charge in [-0.25, -0.2) is 0 Å². The lowest BCUT2D eigenvalue weighted by Gasteiger charge is -1.99. The standard InChI is InChI=1S/C10H13NS/c1-2-7-12-10-5-3-9(8-11)4-6-10/h2-6H,1,7-8,11H2. The van der Waals surface area contributed by atoms with Crippen molar-refractivity contribution in [3.05, 3.63) is 42.5 Å². The van der Waals surface area contributed by atoms with E-state index in [0.29, 0.717) is 6.54 Å². The lowest BCUT2D eigenvalue weighted by molar-refractivity contribution is 1.07. The molecule has 2 N–H and O–H groups in total. The minimum Gasteiger partial charge on any atom is -0.326 e. The highest BCUT2D eigenvalue weighted by atomic mass is 32.2. The molecule has 2 heteroatoms. The summed E-state index contributed by atoms with van der Waals surface area (Å²) in [5, 5.41) is 0. The van der Waals surface area contributed by atoms with Crippen LogP contribution in [0.1, 0.15) is 5.56 Å². The van der Waals surface area contributed by atoms with Crippen LogP contribution in [-0.2, 0) is 6.54 Å². The van der Waals surface area contributed by atoms with Gasteiger partial charge in [0.25, 0.3) is 0 Å². The van der Waals surface area contributed by atoms with Crippen molar-refractivity contribution in [1.29, 1.82) is 0 Å². The Labute approximate surface area is 77.7 Å². The van der Waals surface area contributed by atoms with E-state index in [9.17, 15) is 0 Å². The Morgan fingerprint density at radius 2 is 2.00 bits per heavy atom. The summed E-state index contributed by atoms with van der Waals surface area (Å²) in [4.78, 5) is 1.27. The summed E-state index contributed by atoms with van der Waals surface area (Å²) in [6.45, 7) is 4.29. The molecule has 0 atom stereocenters. The van der Waals surface area contributed by atoms with Gasteiger partial charge in [0, 0.05) is 17.2 Å². The molecule has 0 fully saturated rings. The summed E-state index contributed by atoms with van der Waals surface area (Å²) in [6, 6.07) is 8.31. The minimum absolute atomic E-state index is 0.617. The molecule has 0 unspecified atom stereocenters. The van der Waals surface area contributed by atoms with Crippen molar-refractivity contribution in [3.63, 3.8) is 0 Å². The Hall–Kier alpha value is -0.730. The Bertz CT molecular complexity index is 241. The van der Waals surface area contributed by atoms with Gasteiger partial charge in [-0.3, -0.25) is 0 Å². The van der Waals surface area contributed by atoms with Crippen LogP contribution in [0.3, 0.4) is 0 Å². The predicted molar refractivity (Wildman–Crippen MR) is 55.3 cm³/mol. The maximum atomic E-state index is 5.48. The van der Waals surface area contributed by atoms with E-state index in [2.05, 4.69) is 30.8 Å². The summed E-state index contributed by atoms with van der Waals surface area (Å²) in [5.41, 5.74) is 6.66. The maximum absolute atomic E-state index is 5.48. The Kier molecular flexibility index (Phi) is 3.91. The van der Waals surface area contributed by atoms with Gasteiger partial charge < -0.3 is 5.73 Å². The molecule has 1 rings (SSSR count). The van der Waals surface area contributed by atoms with Crippen LogP contribution in [0, 0.1) is 0 Å². The Morgan fingerprint density at radius 1 is 1.33 bits per heavy atom. The maximum Gasteiger partial charge on any atom is 0.0178 e. The van der Waals surface area contributed by atoms with Gasteiger partial charge >= 0.3 is 0 Å². The number of thioether (sulfide) groups is 1. The van der Waals surface area contributed by atoms with E-state index in [1.54, 1.807) is 11.8 Å². The molecule has 0 aromatic heterocycles. The third-order valence-corrected chi connectivity index (χ3v) is 2.53. The van der Waals surface area contributed by atoms with Crippen molar-refractivity contribution in [2.75, 3.05) is 5.75 Å². The van der Waals surface area contributed by atoms with E-state index in [1.807, 2.05) is 6.08 Å². The zero-order chi connectivity index (χ0) is 8.81. The van der Waals surface area contributed by atoms with Gasteiger partial charge in [-0.1, -0.05) is 18.2 Å². The highest BCUT2D eigenvalue weighted by Gasteiger charge is 1.91. The molecule has 0 bridgehead atoms. The van der Waals surface area contributed by atoms with E-state index in [1.165, 1.54) is 10.5 Å². The van der Waals surface area contributed by atoms with Crippen molar-refractivity contribution >= 4 is 11.8 Å². The third-order valence-electron chi connectivity index (χ3n) is 1.53. The average Bonchev–Trinajstić information content (AvgIpc) is 2.15. The van der Waals surface area contributed by atoms with Crippen LogP contribution in [0.2, 0.25) is 0 Å². The Morgan fingerprint density at radius 3 is 2.50 bits per heavy atom. The molecule has 0 aliphatic heterocycles. The zero-order valence-corrected chi connectivity index (χ0v) is 7.81. The van der Waals surface area contributed by atoms with E-state index in [4.69, 9.17) is 5.73 Å². The largest absolute Gasteiger partial charge is 0.326 e. The molecule has 0 aliphatic carbocycles. The summed E-state index contributed by atoms with van der Waals surface area (Å²) in [6.07, 6.45) is 1.90. The van der Waals surface area contributed by atoms with Crippen LogP contribution in [0.5, 0.6) is 0 Å². The summed E-state index contributed by atoms with van der Waals surface area (Å²) < 4.78 is 0. The van der Waals surface area contributed by atoms with Gasteiger partial charge in [0.05, 0.1) is 0 Å². The van der Waals surface area contributed by atoms with Gasteiger partial charge in [-0.2, -0.15) is 0 Å². The number of nitrogens with two attached hydrogens (primary N) is 1. The second-order valence-electron chi connectivity index (χ2n) is 2.45. The van der Waals surface area contributed by atoms with Crippen LogP contribution in [-0.4, -0.2) is 5.75 Å². The molecule has 0 amide bonds. The lowest BCUT2D eigenvalue weighted by Crippen LogP contribution is -1.94. The van der Waals surface area contributed by atoms with Crippen LogP contribution >= 0.6 is 11.8 Å². The molecule has 64 valence electrons. The molecule has 0 saturated carbocycles. The molecule has 1 nitrogen and oxygen atoms in total. The first-order valence-electron chi connectivity index (χ1n) is 3.89. The van der Waals surface area contributed by atoms with Crippen molar-refractivity contribution in [1.82, 2.24) is 0 Å². The first-order chi connectivity index (χ1) is 5.86. The van der Waals surface area contributed by atoms with E-state index in [0.717, 1.165) is 5.75 Å². The van der Waals surface area contributed by atoms with Gasteiger partial charge in [0.1, 0.15) is 0 Å². The van der Waals surface area contributed by atoms with Gasteiger partial charge in [0.2, 0.25) is 0 Å². The second kappa shape index (κ2) is 5.01. The summed E-state index contributed by atoms with van der Waals surface area (Å²) in [5.74, 6) is 0.960. The number of hydrogen-bond donors (Lipinski definition) is 1. The Balaban J connectivity index is 2.58. The molecule has 12 heavy (non-hydrogen) atoms. The van der Waals surface area contributed by atoms with Crippen LogP contribution in [0.4, 0.5) is 0 Å². The molecular weight excluding hydrogens is 166 g/mol. The van der Waals surface area contributed by atoms with E-state index in [-0.39, 0.29) is 0 Å². The van der Waals surface area contributed by atoms with Crippen molar-refractivity contribution in [3.8, 4) is 0 Å². The van der Waals surface area contributed by atoms with Crippen molar-refractivity contribution in [2.45, 2.75) is 11.4 Å². The average molecular weight is 179 g/mol. The SMILES string of the molecule is C=CCSc1ccc(CN)cc1. The topological polar surface area (TPSA) is 26.0 Å². The number of rotatable bonds is 4. The number of benzene rings is 1. The van der Waals surface area contributed by atoms with E-state index >= 15 is 0 Å². The minimum atomic E-state index is 0.617. The zero-order valence-electron chi connectivity index (χ0n) is 6.99. The second-order valence-corrected chi connectivity index (χ2v) is 3.54. The molecule has 0 spiro atoms. The summed E-state index contributed by atoms with van der Waals surface area (Å²) >= 11 is 1.78. The first-order valence-corrected chi connectivity index (χ1v) is 4.88. The molecular formula is C10H13NS. The molecule has 0 aliphatic rings. The molecule has 1 aromatic carbocycles. The van der Waals surface area contributed by atoms with Gasteiger partial charge in [0.15, 0.2) is 0 Å². The fourth-order valence-electron chi connectivity index (χ4n) is 0.877. The van der Waals surface area contributed by atoms with Crippen molar-refractivity contribution < 1.29 is 0 Å². The van der Waals surface area contributed by atoms with Crippen LogP contribution in [0.25, 0.3) is 0 Å². The molecule has 0 heterocycles. The smallest absolute Gasteiger partial charge is 0.0178 e. The monoisotopic (exact) mass is 179 g/mol. The molecule has 0 radical (unpaired) electrons. The van der Waals surface area contributed by atoms with Gasteiger partial charge in [-0.15, -0.1) is 18.3 Å². The predicted octanol–water partition coefficient (Wildman–Crippen LogP) is 2.42. The van der Waals surface area contributed by atoms with Gasteiger partial charge in [-0.05, 0) is 17.7 Å². The fraction of sp³-hybridized carbons (Fsp3) is 0.200. The fourth-order valence-corrected chi connectivity index (χ4v) is 1.52. The normalized spacial score (nSPS) is 9.75. The van der Waals surface area contributed by atoms with Crippen molar-refractivity contribution in [2.24, 2.45) is 5.73 Å². The summed E-state index contributed by atoms with van der Waals surface area (Å²) in [7, 11) is 0. The highest BCUT2D eigenvalue weighted by Crippen LogP contribution is 2.17. The van der Waals surface area contributed by atoms with Crippen LogP contribution < -0.4 is 5.73 Å². The third kappa shape index (κ3) is 2.72. The van der Waals surface area contributed by atoms with Crippen LogP contribution in [0.15, 0.2) is 41.8 Å².